The molecule has 0 aliphatic rings. The third-order valence-corrected chi connectivity index (χ3v) is 2.59. The fraction of sp³-hybridized carbons (Fsp3) is 0.333. The third kappa shape index (κ3) is 4.84. The Hall–Kier alpha value is -2.28. The van der Waals surface area contributed by atoms with Crippen LogP contribution in [-0.2, 0) is 4.79 Å². The van der Waals surface area contributed by atoms with Crippen molar-refractivity contribution in [1.82, 2.24) is 5.32 Å². The van der Waals surface area contributed by atoms with Crippen LogP contribution in [0.2, 0.25) is 0 Å². The highest BCUT2D eigenvalue weighted by molar-refractivity contribution is 6.01. The Morgan fingerprint density at radius 2 is 2.32 bits per heavy atom. The normalized spacial score (nSPS) is 10.7. The van der Waals surface area contributed by atoms with Crippen LogP contribution in [0.15, 0.2) is 29.8 Å². The molecular weight excluding hydrogens is 240 g/mol. The van der Waals surface area contributed by atoms with E-state index in [4.69, 9.17) is 10.00 Å². The van der Waals surface area contributed by atoms with Gasteiger partial charge in [-0.2, -0.15) is 5.26 Å². The Balaban J connectivity index is 2.80. The lowest BCUT2D eigenvalue weighted by Crippen LogP contribution is -2.25. The van der Waals surface area contributed by atoms with Crippen molar-refractivity contribution in [2.45, 2.75) is 19.8 Å². The van der Waals surface area contributed by atoms with Gasteiger partial charge >= 0.3 is 0 Å². The van der Waals surface area contributed by atoms with Gasteiger partial charge in [-0.05, 0) is 30.2 Å². The number of nitrogens with one attached hydrogen (secondary N) is 1. The first kappa shape index (κ1) is 14.8. The summed E-state index contributed by atoms with van der Waals surface area (Å²) in [5, 5.41) is 11.8. The largest absolute Gasteiger partial charge is 0.497 e. The quantitative estimate of drug-likeness (QED) is 0.484. The molecule has 0 fully saturated rings. The number of hydrogen-bond acceptors (Lipinski definition) is 3. The van der Waals surface area contributed by atoms with E-state index < -0.39 is 0 Å². The standard InChI is InChI=1S/C15H18N2O2/c1-3-4-8-17-15(18)13(11-16)9-12-6-5-7-14(10-12)19-2/h5-7,9-10H,3-4,8H2,1-2H3,(H,17,18)/b13-9-. The molecule has 0 aromatic heterocycles. The van der Waals surface area contributed by atoms with Gasteiger partial charge in [0.05, 0.1) is 7.11 Å². The van der Waals surface area contributed by atoms with Crippen LogP contribution in [0.3, 0.4) is 0 Å². The summed E-state index contributed by atoms with van der Waals surface area (Å²) in [6, 6.07) is 9.14. The molecule has 0 heterocycles. The number of nitrogens with zero attached hydrogens (tertiary/aromatic N) is 1. The number of benzene rings is 1. The summed E-state index contributed by atoms with van der Waals surface area (Å²) < 4.78 is 5.10. The summed E-state index contributed by atoms with van der Waals surface area (Å²) in [5.41, 5.74) is 0.867. The molecular formula is C15H18N2O2. The van der Waals surface area contributed by atoms with Gasteiger partial charge in [0.15, 0.2) is 0 Å². The number of rotatable bonds is 6. The van der Waals surface area contributed by atoms with Crippen LogP contribution in [0.25, 0.3) is 6.08 Å². The molecule has 0 bridgehead atoms. The summed E-state index contributed by atoms with van der Waals surface area (Å²) >= 11 is 0. The molecule has 0 radical (unpaired) electrons. The molecule has 0 spiro atoms. The van der Waals surface area contributed by atoms with E-state index in [9.17, 15) is 4.79 Å². The van der Waals surface area contributed by atoms with Crippen LogP contribution in [-0.4, -0.2) is 19.6 Å². The van der Waals surface area contributed by atoms with E-state index >= 15 is 0 Å². The smallest absolute Gasteiger partial charge is 0.261 e. The molecule has 1 N–H and O–H groups in total. The summed E-state index contributed by atoms with van der Waals surface area (Å²) in [6.07, 6.45) is 3.47. The number of methoxy groups -OCH3 is 1. The molecule has 0 atom stereocenters. The van der Waals surface area contributed by atoms with Crippen LogP contribution in [0.5, 0.6) is 5.75 Å². The van der Waals surface area contributed by atoms with E-state index in [1.807, 2.05) is 31.2 Å². The first-order valence-electron chi connectivity index (χ1n) is 6.25. The summed E-state index contributed by atoms with van der Waals surface area (Å²) in [4.78, 5) is 11.8. The number of unbranched alkanes of at least 4 members (excludes halogenated alkanes) is 1. The number of ether oxygens (including phenoxy) is 1. The van der Waals surface area contributed by atoms with Crippen molar-refractivity contribution >= 4 is 12.0 Å². The number of carbonyl (C=O) groups excluding carboxylic acids is 1. The second-order valence-corrected chi connectivity index (χ2v) is 4.06. The Labute approximate surface area is 113 Å². The highest BCUT2D eigenvalue weighted by atomic mass is 16.5. The van der Waals surface area contributed by atoms with Crippen LogP contribution >= 0.6 is 0 Å². The molecule has 0 saturated carbocycles. The van der Waals surface area contributed by atoms with Gasteiger partial charge in [-0.3, -0.25) is 4.79 Å². The minimum absolute atomic E-state index is 0.101. The van der Waals surface area contributed by atoms with Gasteiger partial charge in [-0.1, -0.05) is 25.5 Å². The van der Waals surface area contributed by atoms with E-state index in [0.29, 0.717) is 12.3 Å². The summed E-state index contributed by atoms with van der Waals surface area (Å²) in [7, 11) is 1.57. The number of amides is 1. The van der Waals surface area contributed by atoms with Crippen molar-refractivity contribution in [3.05, 3.63) is 35.4 Å². The van der Waals surface area contributed by atoms with Crippen LogP contribution in [0.1, 0.15) is 25.3 Å². The molecule has 1 rings (SSSR count). The first-order valence-corrected chi connectivity index (χ1v) is 6.25. The van der Waals surface area contributed by atoms with Crippen LogP contribution in [0.4, 0.5) is 0 Å². The molecule has 0 aliphatic carbocycles. The first-order chi connectivity index (χ1) is 9.21. The summed E-state index contributed by atoms with van der Waals surface area (Å²) in [5.74, 6) is 0.358. The number of hydrogen-bond donors (Lipinski definition) is 1. The zero-order chi connectivity index (χ0) is 14.1. The van der Waals surface area contributed by atoms with Gasteiger partial charge in [-0.15, -0.1) is 0 Å². The van der Waals surface area contributed by atoms with Crippen molar-refractivity contribution in [3.63, 3.8) is 0 Å². The van der Waals surface area contributed by atoms with E-state index in [-0.39, 0.29) is 11.5 Å². The lowest BCUT2D eigenvalue weighted by Gasteiger charge is -2.04. The molecule has 0 saturated heterocycles. The van der Waals surface area contributed by atoms with E-state index in [2.05, 4.69) is 5.32 Å². The summed E-state index contributed by atoms with van der Waals surface area (Å²) in [6.45, 7) is 2.63. The lowest BCUT2D eigenvalue weighted by atomic mass is 10.1. The highest BCUT2D eigenvalue weighted by Crippen LogP contribution is 2.15. The second kappa shape index (κ2) is 7.93. The maximum atomic E-state index is 11.8. The second-order valence-electron chi connectivity index (χ2n) is 4.06. The average molecular weight is 258 g/mol. The Bertz CT molecular complexity index is 501. The van der Waals surface area contributed by atoms with Crippen molar-refractivity contribution in [1.29, 1.82) is 5.26 Å². The predicted octanol–water partition coefficient (Wildman–Crippen LogP) is 2.52. The minimum atomic E-state index is -0.334. The zero-order valence-corrected chi connectivity index (χ0v) is 11.3. The SMILES string of the molecule is CCCCNC(=O)/C(C#N)=C\c1cccc(OC)c1. The molecule has 1 aromatic rings. The third-order valence-electron chi connectivity index (χ3n) is 2.59. The lowest BCUT2D eigenvalue weighted by molar-refractivity contribution is -0.117. The molecule has 19 heavy (non-hydrogen) atoms. The van der Waals surface area contributed by atoms with Gasteiger partial charge in [0.1, 0.15) is 17.4 Å². The number of nitriles is 1. The van der Waals surface area contributed by atoms with Crippen molar-refractivity contribution in [2.75, 3.05) is 13.7 Å². The molecule has 1 amide bonds. The minimum Gasteiger partial charge on any atom is -0.497 e. The molecule has 4 heteroatoms. The van der Waals surface area contributed by atoms with Gasteiger partial charge in [-0.25, -0.2) is 0 Å². The van der Waals surface area contributed by atoms with E-state index in [1.165, 1.54) is 0 Å². The predicted molar refractivity (Wildman–Crippen MR) is 74.5 cm³/mol. The molecule has 0 aliphatic heterocycles. The maximum absolute atomic E-state index is 11.8. The molecule has 1 aromatic carbocycles. The average Bonchev–Trinajstić information content (AvgIpc) is 2.45. The fourth-order valence-electron chi connectivity index (χ4n) is 1.52. The van der Waals surface area contributed by atoms with Crippen molar-refractivity contribution < 1.29 is 9.53 Å². The Kier molecular flexibility index (Phi) is 6.17. The zero-order valence-electron chi connectivity index (χ0n) is 11.3. The molecule has 4 nitrogen and oxygen atoms in total. The number of carbonyl (C=O) groups is 1. The van der Waals surface area contributed by atoms with Crippen LogP contribution < -0.4 is 10.1 Å². The topological polar surface area (TPSA) is 62.1 Å². The molecule has 100 valence electrons. The van der Waals surface area contributed by atoms with Gasteiger partial charge in [0.2, 0.25) is 0 Å². The van der Waals surface area contributed by atoms with Crippen molar-refractivity contribution in [3.8, 4) is 11.8 Å². The van der Waals surface area contributed by atoms with Gasteiger partial charge in [0, 0.05) is 6.54 Å². The Morgan fingerprint density at radius 1 is 1.53 bits per heavy atom. The highest BCUT2D eigenvalue weighted by Gasteiger charge is 2.08. The monoisotopic (exact) mass is 258 g/mol. The maximum Gasteiger partial charge on any atom is 0.261 e. The van der Waals surface area contributed by atoms with Gasteiger partial charge in [0.25, 0.3) is 5.91 Å². The fourth-order valence-corrected chi connectivity index (χ4v) is 1.52. The molecule has 0 unspecified atom stereocenters. The van der Waals surface area contributed by atoms with E-state index in [1.54, 1.807) is 19.3 Å². The van der Waals surface area contributed by atoms with Gasteiger partial charge < -0.3 is 10.1 Å². The van der Waals surface area contributed by atoms with E-state index in [0.717, 1.165) is 18.4 Å². The Morgan fingerprint density at radius 3 is 2.95 bits per heavy atom. The van der Waals surface area contributed by atoms with Crippen LogP contribution in [0, 0.1) is 11.3 Å². The van der Waals surface area contributed by atoms with Crippen molar-refractivity contribution in [2.24, 2.45) is 0 Å².